The third-order valence-electron chi connectivity index (χ3n) is 5.56. The summed E-state index contributed by atoms with van der Waals surface area (Å²) in [6.07, 6.45) is 7.24. The van der Waals surface area contributed by atoms with Gasteiger partial charge in [-0.3, -0.25) is 0 Å². The zero-order chi connectivity index (χ0) is 18.8. The lowest BCUT2D eigenvalue weighted by Crippen LogP contribution is -2.29. The summed E-state index contributed by atoms with van der Waals surface area (Å²) in [6, 6.07) is 33.0. The van der Waals surface area contributed by atoms with Gasteiger partial charge in [-0.1, -0.05) is 117 Å². The molecule has 0 aromatic heterocycles. The second kappa shape index (κ2) is 11.5. The van der Waals surface area contributed by atoms with Crippen molar-refractivity contribution < 1.29 is 0 Å². The fourth-order valence-electron chi connectivity index (χ4n) is 4.17. The van der Waals surface area contributed by atoms with Crippen LogP contribution in [0.2, 0.25) is 0 Å². The van der Waals surface area contributed by atoms with Crippen molar-refractivity contribution in [2.75, 3.05) is 6.54 Å². The van der Waals surface area contributed by atoms with Crippen LogP contribution in [0.5, 0.6) is 0 Å². The predicted octanol–water partition coefficient (Wildman–Crippen LogP) is 5.94. The van der Waals surface area contributed by atoms with Crippen molar-refractivity contribution in [3.05, 3.63) is 108 Å². The fraction of sp³-hybridized carbons (Fsp3) is 0.308. The van der Waals surface area contributed by atoms with E-state index in [1.165, 1.54) is 42.4 Å². The van der Waals surface area contributed by atoms with Crippen LogP contribution >= 0.6 is 0 Å². The third-order valence-corrected chi connectivity index (χ3v) is 5.56. The van der Waals surface area contributed by atoms with E-state index in [-0.39, 0.29) is 13.8 Å². The van der Waals surface area contributed by atoms with Crippen molar-refractivity contribution in [3.8, 4) is 0 Å². The van der Waals surface area contributed by atoms with Crippen LogP contribution in [0.4, 0.5) is 0 Å². The molecule has 1 nitrogen and oxygen atoms in total. The molecule has 0 amide bonds. The average molecular weight is 368 g/mol. The molecule has 3 aromatic rings. The molecule has 3 rings (SSSR count). The summed E-state index contributed by atoms with van der Waals surface area (Å²) in [4.78, 5) is 0. The molecule has 0 saturated carbocycles. The van der Waals surface area contributed by atoms with E-state index < -0.39 is 0 Å². The molecule has 0 aliphatic heterocycles. The van der Waals surface area contributed by atoms with Gasteiger partial charge in [-0.05, 0) is 36.1 Å². The standard InChI is InChI=1S/C26H31N.B/c27-22-14-3-1-2-13-21-26(23-15-7-4-8-16-23,24-17-9-5-10-18-24)25-19-11-6-12-20-25;/h4-12,15-20H,1-3,13-14,21-22,27H2;. The van der Waals surface area contributed by atoms with Crippen molar-refractivity contribution in [1.29, 1.82) is 0 Å². The summed E-state index contributed by atoms with van der Waals surface area (Å²) in [5, 5.41) is 0. The molecule has 0 aliphatic rings. The smallest absolute Gasteiger partial charge is 0.0451 e. The number of hydrogen-bond acceptors (Lipinski definition) is 1. The van der Waals surface area contributed by atoms with E-state index in [0.29, 0.717) is 0 Å². The van der Waals surface area contributed by atoms with E-state index >= 15 is 0 Å². The van der Waals surface area contributed by atoms with Crippen molar-refractivity contribution >= 4 is 8.41 Å². The van der Waals surface area contributed by atoms with E-state index in [2.05, 4.69) is 91.0 Å². The Morgan fingerprint density at radius 1 is 0.500 bits per heavy atom. The number of nitrogens with two attached hydrogens (primary N) is 1. The molecule has 143 valence electrons. The van der Waals surface area contributed by atoms with Crippen LogP contribution in [0.15, 0.2) is 91.0 Å². The van der Waals surface area contributed by atoms with Crippen LogP contribution in [0.3, 0.4) is 0 Å². The minimum absolute atomic E-state index is 0. The van der Waals surface area contributed by atoms with Crippen LogP contribution in [-0.4, -0.2) is 15.0 Å². The number of benzene rings is 3. The summed E-state index contributed by atoms with van der Waals surface area (Å²) in [7, 11) is 0. The molecule has 0 saturated heterocycles. The normalized spacial score (nSPS) is 11.0. The van der Waals surface area contributed by atoms with Gasteiger partial charge in [-0.15, -0.1) is 0 Å². The Balaban J connectivity index is 0.00000280. The van der Waals surface area contributed by atoms with Gasteiger partial charge in [0.15, 0.2) is 0 Å². The van der Waals surface area contributed by atoms with E-state index in [4.69, 9.17) is 5.73 Å². The highest BCUT2D eigenvalue weighted by atomic mass is 14.5. The molecule has 0 atom stereocenters. The first-order valence-electron chi connectivity index (χ1n) is 10.2. The second-order valence-electron chi connectivity index (χ2n) is 7.31. The first-order chi connectivity index (χ1) is 13.4. The van der Waals surface area contributed by atoms with Gasteiger partial charge in [-0.2, -0.15) is 0 Å². The first kappa shape index (κ1) is 22.0. The maximum Gasteiger partial charge on any atom is 0.0451 e. The highest BCUT2D eigenvalue weighted by Crippen LogP contribution is 2.43. The third kappa shape index (κ3) is 5.14. The van der Waals surface area contributed by atoms with Gasteiger partial charge in [0.25, 0.3) is 0 Å². The summed E-state index contributed by atoms with van der Waals surface area (Å²) >= 11 is 0. The summed E-state index contributed by atoms with van der Waals surface area (Å²) < 4.78 is 0. The van der Waals surface area contributed by atoms with E-state index in [1.54, 1.807) is 0 Å². The molecular weight excluding hydrogens is 337 g/mol. The molecule has 0 aliphatic carbocycles. The Kier molecular flexibility index (Phi) is 9.04. The molecule has 0 unspecified atom stereocenters. The number of rotatable bonds is 10. The van der Waals surface area contributed by atoms with Gasteiger partial charge < -0.3 is 5.73 Å². The number of unbranched alkanes of at least 4 members (excludes halogenated alkanes) is 4. The van der Waals surface area contributed by atoms with Gasteiger partial charge in [-0.25, -0.2) is 0 Å². The Bertz CT molecular complexity index is 675. The molecule has 0 spiro atoms. The van der Waals surface area contributed by atoms with E-state index in [0.717, 1.165) is 19.4 Å². The fourth-order valence-corrected chi connectivity index (χ4v) is 4.17. The Labute approximate surface area is 172 Å². The molecule has 2 N–H and O–H groups in total. The molecular formula is C26H31BN. The van der Waals surface area contributed by atoms with Crippen LogP contribution in [0.1, 0.15) is 55.2 Å². The van der Waals surface area contributed by atoms with Crippen LogP contribution in [0, 0.1) is 0 Å². The van der Waals surface area contributed by atoms with Gasteiger partial charge in [0, 0.05) is 13.8 Å². The predicted molar refractivity (Wildman–Crippen MR) is 122 cm³/mol. The zero-order valence-corrected chi connectivity index (χ0v) is 16.8. The number of hydrogen-bond donors (Lipinski definition) is 1. The van der Waals surface area contributed by atoms with Crippen molar-refractivity contribution in [2.45, 2.75) is 43.9 Å². The maximum absolute atomic E-state index is 5.64. The van der Waals surface area contributed by atoms with Gasteiger partial charge in [0.2, 0.25) is 0 Å². The maximum atomic E-state index is 5.64. The highest BCUT2D eigenvalue weighted by Gasteiger charge is 2.35. The lowest BCUT2D eigenvalue weighted by atomic mass is 9.66. The van der Waals surface area contributed by atoms with Crippen molar-refractivity contribution in [3.63, 3.8) is 0 Å². The largest absolute Gasteiger partial charge is 0.330 e. The van der Waals surface area contributed by atoms with Crippen LogP contribution in [-0.2, 0) is 5.41 Å². The van der Waals surface area contributed by atoms with Gasteiger partial charge in [0.05, 0.1) is 0 Å². The molecule has 0 bridgehead atoms. The molecule has 3 radical (unpaired) electrons. The first-order valence-corrected chi connectivity index (χ1v) is 10.2. The summed E-state index contributed by atoms with van der Waals surface area (Å²) in [5.74, 6) is 0. The SMILES string of the molecule is NCCCCCCCC(c1ccccc1)(c1ccccc1)c1ccccc1.[B]. The minimum atomic E-state index is -0.0996. The van der Waals surface area contributed by atoms with Gasteiger partial charge >= 0.3 is 0 Å². The molecule has 28 heavy (non-hydrogen) atoms. The van der Waals surface area contributed by atoms with E-state index in [9.17, 15) is 0 Å². The average Bonchev–Trinajstić information content (AvgIpc) is 2.75. The van der Waals surface area contributed by atoms with Gasteiger partial charge in [0.1, 0.15) is 0 Å². The minimum Gasteiger partial charge on any atom is -0.330 e. The quantitative estimate of drug-likeness (QED) is 0.267. The Hall–Kier alpha value is -2.32. The lowest BCUT2D eigenvalue weighted by Gasteiger charge is -2.36. The topological polar surface area (TPSA) is 26.0 Å². The van der Waals surface area contributed by atoms with Crippen molar-refractivity contribution in [2.24, 2.45) is 5.73 Å². The zero-order valence-electron chi connectivity index (χ0n) is 16.8. The molecule has 0 fully saturated rings. The van der Waals surface area contributed by atoms with Crippen LogP contribution < -0.4 is 5.73 Å². The highest BCUT2D eigenvalue weighted by molar-refractivity contribution is 5.75. The molecule has 2 heteroatoms. The Morgan fingerprint density at radius 3 is 1.25 bits per heavy atom. The summed E-state index contributed by atoms with van der Waals surface area (Å²) in [5.41, 5.74) is 9.68. The Morgan fingerprint density at radius 2 is 0.857 bits per heavy atom. The summed E-state index contributed by atoms with van der Waals surface area (Å²) in [6.45, 7) is 0.808. The van der Waals surface area contributed by atoms with E-state index in [1.807, 2.05) is 0 Å². The molecule has 0 heterocycles. The van der Waals surface area contributed by atoms with Crippen molar-refractivity contribution in [1.82, 2.24) is 0 Å². The second-order valence-corrected chi connectivity index (χ2v) is 7.31. The van der Waals surface area contributed by atoms with Crippen LogP contribution in [0.25, 0.3) is 0 Å². The monoisotopic (exact) mass is 368 g/mol. The lowest BCUT2D eigenvalue weighted by molar-refractivity contribution is 0.500. The molecule has 3 aromatic carbocycles.